The summed E-state index contributed by atoms with van der Waals surface area (Å²) in [5.41, 5.74) is 0.923. The second kappa shape index (κ2) is 3.69. The molecule has 3 nitrogen and oxygen atoms in total. The number of ketones is 1. The van der Waals surface area contributed by atoms with Gasteiger partial charge in [0.2, 0.25) is 0 Å². The van der Waals surface area contributed by atoms with E-state index in [0.29, 0.717) is 11.7 Å². The van der Waals surface area contributed by atoms with Gasteiger partial charge in [0.05, 0.1) is 0 Å². The first-order valence-corrected chi connectivity index (χ1v) is 6.27. The molecule has 2 fully saturated rings. The number of hydrogen-bond acceptors (Lipinski definition) is 3. The van der Waals surface area contributed by atoms with Crippen molar-refractivity contribution < 1.29 is 4.79 Å². The fraction of sp³-hybridized carbons (Fsp3) is 0.714. The average molecular weight is 234 g/mol. The molecule has 2 rings (SSSR count). The Morgan fingerprint density at radius 2 is 2.00 bits per heavy atom. The summed E-state index contributed by atoms with van der Waals surface area (Å²) in [6.07, 6.45) is 5.83. The van der Waals surface area contributed by atoms with E-state index < -0.39 is 0 Å². The molecule has 0 aromatic heterocycles. The monoisotopic (exact) mass is 234 g/mol. The summed E-state index contributed by atoms with van der Waals surface area (Å²) < 4.78 is 0. The molecule has 0 unspecified atom stereocenters. The quantitative estimate of drug-likeness (QED) is 0.418. The number of nitrogens with zero attached hydrogens (tertiary/aromatic N) is 2. The SMILES string of the molecule is CN(C)/N=C/C=C1\C(=O)[C@]2(C)CC[C@H]1C2(C)C. The number of carbonyl (C=O) groups is 1. The van der Waals surface area contributed by atoms with Crippen LogP contribution in [-0.4, -0.2) is 31.1 Å². The van der Waals surface area contributed by atoms with Gasteiger partial charge in [-0.15, -0.1) is 0 Å². The van der Waals surface area contributed by atoms with Crippen LogP contribution in [0.4, 0.5) is 0 Å². The third-order valence-electron chi connectivity index (χ3n) is 4.92. The van der Waals surface area contributed by atoms with Crippen molar-refractivity contribution in [3.05, 3.63) is 11.6 Å². The van der Waals surface area contributed by atoms with Crippen LogP contribution < -0.4 is 0 Å². The topological polar surface area (TPSA) is 32.7 Å². The zero-order valence-corrected chi connectivity index (χ0v) is 11.4. The Balaban J connectivity index is 2.32. The highest BCUT2D eigenvalue weighted by atomic mass is 16.1. The van der Waals surface area contributed by atoms with Crippen LogP contribution in [0.25, 0.3) is 0 Å². The minimum atomic E-state index is -0.157. The number of hydrogen-bond donors (Lipinski definition) is 0. The van der Waals surface area contributed by atoms with Crippen LogP contribution in [0.5, 0.6) is 0 Å². The molecular formula is C14H22N2O. The number of fused-ring (bicyclic) bond motifs is 2. The van der Waals surface area contributed by atoms with E-state index in [1.165, 1.54) is 0 Å². The zero-order valence-electron chi connectivity index (χ0n) is 11.4. The lowest BCUT2D eigenvalue weighted by molar-refractivity contribution is -0.125. The van der Waals surface area contributed by atoms with Crippen LogP contribution in [0.3, 0.4) is 0 Å². The first-order valence-electron chi connectivity index (χ1n) is 6.27. The van der Waals surface area contributed by atoms with Gasteiger partial charge >= 0.3 is 0 Å². The van der Waals surface area contributed by atoms with Crippen LogP contribution in [0.15, 0.2) is 16.8 Å². The number of allylic oxidation sites excluding steroid dienone is 2. The lowest BCUT2D eigenvalue weighted by Gasteiger charge is -2.31. The molecule has 0 radical (unpaired) electrons. The summed E-state index contributed by atoms with van der Waals surface area (Å²) in [4.78, 5) is 12.4. The molecule has 2 aliphatic rings. The highest BCUT2D eigenvalue weighted by molar-refractivity contribution is 6.07. The Bertz CT molecular complexity index is 406. The number of Topliss-reactive ketones (excluding diaryl/α,β-unsaturated/α-hetero) is 1. The van der Waals surface area contributed by atoms with E-state index >= 15 is 0 Å². The van der Waals surface area contributed by atoms with Gasteiger partial charge in [-0.2, -0.15) is 5.10 Å². The summed E-state index contributed by atoms with van der Waals surface area (Å²) in [6.45, 7) is 6.58. The Hall–Kier alpha value is -1.12. The third kappa shape index (κ3) is 1.55. The first kappa shape index (κ1) is 12.3. The van der Waals surface area contributed by atoms with Gasteiger partial charge in [0.1, 0.15) is 0 Å². The minimum absolute atomic E-state index is 0.0991. The van der Waals surface area contributed by atoms with Gasteiger partial charge in [-0.1, -0.05) is 20.8 Å². The molecule has 0 aromatic rings. The largest absolute Gasteiger partial charge is 0.303 e. The van der Waals surface area contributed by atoms with Crippen molar-refractivity contribution >= 4 is 12.0 Å². The van der Waals surface area contributed by atoms with E-state index in [9.17, 15) is 4.79 Å². The van der Waals surface area contributed by atoms with Crippen molar-refractivity contribution in [2.45, 2.75) is 33.6 Å². The summed E-state index contributed by atoms with van der Waals surface area (Å²) in [5.74, 6) is 0.748. The molecule has 0 aliphatic heterocycles. The maximum Gasteiger partial charge on any atom is 0.165 e. The van der Waals surface area contributed by atoms with E-state index in [-0.39, 0.29) is 10.8 Å². The first-order chi connectivity index (χ1) is 7.80. The van der Waals surface area contributed by atoms with Gasteiger partial charge in [0, 0.05) is 31.3 Å². The highest BCUT2D eigenvalue weighted by Crippen LogP contribution is 2.65. The van der Waals surface area contributed by atoms with Gasteiger partial charge in [-0.05, 0) is 30.3 Å². The molecule has 2 saturated carbocycles. The van der Waals surface area contributed by atoms with Gasteiger partial charge in [-0.3, -0.25) is 4.79 Å². The van der Waals surface area contributed by atoms with Crippen molar-refractivity contribution in [3.63, 3.8) is 0 Å². The Morgan fingerprint density at radius 3 is 2.47 bits per heavy atom. The van der Waals surface area contributed by atoms with Gasteiger partial charge in [0.25, 0.3) is 0 Å². The number of hydrazone groups is 1. The molecule has 94 valence electrons. The molecule has 0 aromatic carbocycles. The van der Waals surface area contributed by atoms with Crippen molar-refractivity contribution in [1.82, 2.24) is 5.01 Å². The van der Waals surface area contributed by atoms with Gasteiger partial charge in [0.15, 0.2) is 5.78 Å². The van der Waals surface area contributed by atoms with Crippen molar-refractivity contribution in [2.24, 2.45) is 21.8 Å². The molecule has 3 heteroatoms. The van der Waals surface area contributed by atoms with Crippen molar-refractivity contribution in [2.75, 3.05) is 14.1 Å². The third-order valence-corrected chi connectivity index (χ3v) is 4.92. The van der Waals surface area contributed by atoms with Crippen molar-refractivity contribution in [3.8, 4) is 0 Å². The predicted molar refractivity (Wildman–Crippen MR) is 69.9 cm³/mol. The van der Waals surface area contributed by atoms with Crippen LogP contribution >= 0.6 is 0 Å². The molecule has 2 aliphatic carbocycles. The molecule has 2 atom stereocenters. The second-order valence-electron chi connectivity index (χ2n) is 6.21. The van der Waals surface area contributed by atoms with Crippen LogP contribution in [0.2, 0.25) is 0 Å². The van der Waals surface area contributed by atoms with Crippen LogP contribution in [-0.2, 0) is 4.79 Å². The Kier molecular flexibility index (Phi) is 2.68. The second-order valence-corrected chi connectivity index (χ2v) is 6.21. The molecule has 0 heterocycles. The van der Waals surface area contributed by atoms with E-state index in [0.717, 1.165) is 18.4 Å². The minimum Gasteiger partial charge on any atom is -0.303 e. The summed E-state index contributed by atoms with van der Waals surface area (Å²) in [5, 5.41) is 5.89. The van der Waals surface area contributed by atoms with E-state index in [2.05, 4.69) is 25.9 Å². The molecular weight excluding hydrogens is 212 g/mol. The Morgan fingerprint density at radius 1 is 1.35 bits per heavy atom. The lowest BCUT2D eigenvalue weighted by Crippen LogP contribution is -2.32. The maximum absolute atomic E-state index is 12.4. The fourth-order valence-electron chi connectivity index (χ4n) is 3.37. The van der Waals surface area contributed by atoms with E-state index in [1.54, 1.807) is 11.2 Å². The molecule has 2 bridgehead atoms. The average Bonchev–Trinajstić information content (AvgIpc) is 2.52. The normalized spacial score (nSPS) is 37.4. The smallest absolute Gasteiger partial charge is 0.165 e. The maximum atomic E-state index is 12.4. The van der Waals surface area contributed by atoms with Crippen LogP contribution in [0, 0.1) is 16.7 Å². The van der Waals surface area contributed by atoms with Gasteiger partial charge < -0.3 is 5.01 Å². The molecule has 0 N–H and O–H groups in total. The van der Waals surface area contributed by atoms with Crippen molar-refractivity contribution in [1.29, 1.82) is 0 Å². The standard InChI is InChI=1S/C14H22N2O/c1-13(2)11-6-8-14(13,3)12(17)10(11)7-9-15-16(4)5/h7,9,11H,6,8H2,1-5H3/b10-7-,15-9+/t11-,14+/m1/s1. The van der Waals surface area contributed by atoms with E-state index in [4.69, 9.17) is 0 Å². The number of carbonyl (C=O) groups excluding carboxylic acids is 1. The molecule has 17 heavy (non-hydrogen) atoms. The van der Waals surface area contributed by atoms with Gasteiger partial charge in [-0.25, -0.2) is 0 Å². The highest BCUT2D eigenvalue weighted by Gasteiger charge is 2.63. The molecule has 0 saturated heterocycles. The fourth-order valence-corrected chi connectivity index (χ4v) is 3.37. The van der Waals surface area contributed by atoms with Crippen LogP contribution in [0.1, 0.15) is 33.6 Å². The Labute approximate surface area is 104 Å². The molecule has 0 amide bonds. The molecule has 0 spiro atoms. The number of rotatable bonds is 2. The van der Waals surface area contributed by atoms with E-state index in [1.807, 2.05) is 20.2 Å². The lowest BCUT2D eigenvalue weighted by atomic mass is 9.70. The summed E-state index contributed by atoms with van der Waals surface area (Å²) >= 11 is 0. The zero-order chi connectivity index (χ0) is 12.8. The summed E-state index contributed by atoms with van der Waals surface area (Å²) in [6, 6.07) is 0. The predicted octanol–water partition coefficient (Wildman–Crippen LogP) is 2.49. The summed E-state index contributed by atoms with van der Waals surface area (Å²) in [7, 11) is 3.76.